The highest BCUT2D eigenvalue weighted by molar-refractivity contribution is 5.69. The fourth-order valence-corrected chi connectivity index (χ4v) is 3.56. The number of esters is 1. The number of carbonyl (C=O) groups is 1. The van der Waals surface area contributed by atoms with Gasteiger partial charge in [0.25, 0.3) is 0 Å². The zero-order valence-electron chi connectivity index (χ0n) is 23.9. The molecular weight excluding hydrogens is 440 g/mol. The Morgan fingerprint density at radius 1 is 0.743 bits per heavy atom. The molecule has 0 rings (SSSR count). The predicted octanol–water partition coefficient (Wildman–Crippen LogP) is 7.62. The summed E-state index contributed by atoms with van der Waals surface area (Å²) < 4.78 is 17.5. The molecule has 0 aromatic rings. The first kappa shape index (κ1) is 33.8. The van der Waals surface area contributed by atoms with Gasteiger partial charge in [-0.25, -0.2) is 0 Å². The second-order valence-corrected chi connectivity index (χ2v) is 10.9. The number of carbonyl (C=O) groups excluding carboxylic acids is 1. The molecule has 0 spiro atoms. The number of ether oxygens (including phenoxy) is 3. The van der Waals surface area contributed by atoms with E-state index in [1.807, 2.05) is 6.92 Å². The Bertz CT molecular complexity index is 541. The summed E-state index contributed by atoms with van der Waals surface area (Å²) in [6.07, 6.45) is 13.9. The molecule has 0 aromatic heterocycles. The van der Waals surface area contributed by atoms with E-state index in [0.717, 1.165) is 44.9 Å². The second kappa shape index (κ2) is 22.1. The van der Waals surface area contributed by atoms with Crippen LogP contribution in [-0.2, 0) is 19.0 Å². The van der Waals surface area contributed by atoms with E-state index in [-0.39, 0.29) is 31.4 Å². The lowest BCUT2D eigenvalue weighted by Crippen LogP contribution is -2.20. The lowest BCUT2D eigenvalue weighted by molar-refractivity contribution is -0.152. The van der Waals surface area contributed by atoms with E-state index in [2.05, 4.69) is 53.7 Å². The molecule has 0 aromatic carbocycles. The van der Waals surface area contributed by atoms with Crippen molar-refractivity contribution in [2.45, 2.75) is 119 Å². The topological polar surface area (TPSA) is 65.0 Å². The minimum Gasteiger partial charge on any atom is -0.465 e. The van der Waals surface area contributed by atoms with Crippen LogP contribution < -0.4 is 0 Å². The van der Waals surface area contributed by atoms with Crippen molar-refractivity contribution in [2.24, 2.45) is 17.8 Å². The van der Waals surface area contributed by atoms with Gasteiger partial charge in [-0.1, -0.05) is 44.1 Å². The van der Waals surface area contributed by atoms with Gasteiger partial charge >= 0.3 is 5.97 Å². The van der Waals surface area contributed by atoms with Crippen LogP contribution in [0.5, 0.6) is 0 Å². The Kier molecular flexibility index (Phi) is 21.3. The summed E-state index contributed by atoms with van der Waals surface area (Å²) in [5.74, 6) is 1.04. The molecule has 35 heavy (non-hydrogen) atoms. The molecule has 3 unspecified atom stereocenters. The lowest BCUT2D eigenvalue weighted by atomic mass is 10.0. The number of aliphatic hydroxyl groups excluding tert-OH is 1. The molecule has 1 N–H and O–H groups in total. The molecule has 0 saturated heterocycles. The summed E-state index contributed by atoms with van der Waals surface area (Å²) in [7, 11) is 0. The van der Waals surface area contributed by atoms with Crippen molar-refractivity contribution in [3.8, 4) is 0 Å². The molecule has 5 heteroatoms. The first-order chi connectivity index (χ1) is 16.6. The summed E-state index contributed by atoms with van der Waals surface area (Å²) in [6.45, 7) is 16.7. The van der Waals surface area contributed by atoms with Gasteiger partial charge in [-0.3, -0.25) is 4.79 Å². The minimum absolute atomic E-state index is 0.0149. The van der Waals surface area contributed by atoms with Crippen molar-refractivity contribution in [1.29, 1.82) is 0 Å². The van der Waals surface area contributed by atoms with Crippen LogP contribution in [-0.4, -0.2) is 43.8 Å². The van der Waals surface area contributed by atoms with E-state index in [4.69, 9.17) is 19.3 Å². The molecule has 3 atom stereocenters. The van der Waals surface area contributed by atoms with Crippen LogP contribution in [0.25, 0.3) is 0 Å². The third-order valence-corrected chi connectivity index (χ3v) is 6.16. The Morgan fingerprint density at radius 3 is 1.71 bits per heavy atom. The summed E-state index contributed by atoms with van der Waals surface area (Å²) in [5, 5.41) is 9.04. The molecule has 0 aliphatic rings. The van der Waals surface area contributed by atoms with Crippen LogP contribution >= 0.6 is 0 Å². The van der Waals surface area contributed by atoms with Crippen LogP contribution in [0.4, 0.5) is 0 Å². The number of allylic oxidation sites excluding steroid dienone is 4. The number of aliphatic hydroxyl groups is 1. The molecule has 0 heterocycles. The van der Waals surface area contributed by atoms with Crippen molar-refractivity contribution in [1.82, 2.24) is 0 Å². The highest BCUT2D eigenvalue weighted by Gasteiger charge is 2.13. The van der Waals surface area contributed by atoms with Crippen molar-refractivity contribution >= 4 is 5.97 Å². The van der Waals surface area contributed by atoms with Gasteiger partial charge in [0.2, 0.25) is 0 Å². The maximum atomic E-state index is 11.9. The standard InChI is InChI=1S/C30H56O5/c1-24(2)12-10-14-26(5)18-20-33-30(34-21-19-27(6)15-11-13-25(3)4)17-9-8-16-29(32)35-23-28(7)22-31/h12-13,26-28,30-31H,8-11,14-23H2,1-7H3. The van der Waals surface area contributed by atoms with Gasteiger partial charge < -0.3 is 19.3 Å². The minimum atomic E-state index is -0.213. The number of hydrogen-bond acceptors (Lipinski definition) is 5. The average molecular weight is 497 g/mol. The highest BCUT2D eigenvalue weighted by atomic mass is 16.7. The summed E-state index contributed by atoms with van der Waals surface area (Å²) >= 11 is 0. The van der Waals surface area contributed by atoms with Gasteiger partial charge in [-0.2, -0.15) is 0 Å². The van der Waals surface area contributed by atoms with Gasteiger partial charge in [0.15, 0.2) is 6.29 Å². The normalized spacial score (nSPS) is 14.6. The van der Waals surface area contributed by atoms with E-state index in [1.54, 1.807) is 0 Å². The number of hydrogen-bond donors (Lipinski definition) is 1. The van der Waals surface area contributed by atoms with Crippen LogP contribution in [0.15, 0.2) is 23.3 Å². The SMILES string of the molecule is CC(C)=CCCC(C)CCOC(CCCCC(=O)OCC(C)CO)OCCC(C)CCC=C(C)C. The monoisotopic (exact) mass is 496 g/mol. The maximum absolute atomic E-state index is 11.9. The number of unbranched alkanes of at least 4 members (excludes halogenated alkanes) is 1. The first-order valence-electron chi connectivity index (χ1n) is 13.9. The molecule has 0 amide bonds. The smallest absolute Gasteiger partial charge is 0.305 e. The van der Waals surface area contributed by atoms with Crippen molar-refractivity contribution < 1.29 is 24.1 Å². The van der Waals surface area contributed by atoms with Gasteiger partial charge in [-0.05, 0) is 97.3 Å². The van der Waals surface area contributed by atoms with Crippen molar-refractivity contribution in [2.75, 3.05) is 26.4 Å². The largest absolute Gasteiger partial charge is 0.465 e. The van der Waals surface area contributed by atoms with Gasteiger partial charge in [0.1, 0.15) is 0 Å². The van der Waals surface area contributed by atoms with Crippen LogP contribution in [0.2, 0.25) is 0 Å². The van der Waals surface area contributed by atoms with Crippen molar-refractivity contribution in [3.05, 3.63) is 23.3 Å². The molecule has 5 nitrogen and oxygen atoms in total. The van der Waals surface area contributed by atoms with Crippen LogP contribution in [0.3, 0.4) is 0 Å². The molecule has 0 aliphatic carbocycles. The summed E-state index contributed by atoms with van der Waals surface area (Å²) in [5.41, 5.74) is 2.76. The maximum Gasteiger partial charge on any atom is 0.305 e. The third kappa shape index (κ3) is 23.0. The van der Waals surface area contributed by atoms with E-state index in [0.29, 0.717) is 31.5 Å². The summed E-state index contributed by atoms with van der Waals surface area (Å²) in [6, 6.07) is 0. The molecule has 0 aliphatic heterocycles. The second-order valence-electron chi connectivity index (χ2n) is 10.9. The third-order valence-electron chi connectivity index (χ3n) is 6.16. The predicted molar refractivity (Wildman–Crippen MR) is 146 cm³/mol. The van der Waals surface area contributed by atoms with E-state index < -0.39 is 0 Å². The fraction of sp³-hybridized carbons (Fsp3) is 0.833. The summed E-state index contributed by atoms with van der Waals surface area (Å²) in [4.78, 5) is 11.9. The Labute approximate surface area is 216 Å². The van der Waals surface area contributed by atoms with E-state index in [1.165, 1.54) is 24.0 Å². The molecule has 0 radical (unpaired) electrons. The highest BCUT2D eigenvalue weighted by Crippen LogP contribution is 2.17. The van der Waals surface area contributed by atoms with Crippen LogP contribution in [0, 0.1) is 17.8 Å². The first-order valence-corrected chi connectivity index (χ1v) is 13.9. The Morgan fingerprint density at radius 2 is 1.26 bits per heavy atom. The van der Waals surface area contributed by atoms with Gasteiger partial charge in [-0.15, -0.1) is 0 Å². The Balaban J connectivity index is 4.39. The van der Waals surface area contributed by atoms with E-state index >= 15 is 0 Å². The molecule has 0 fully saturated rings. The van der Waals surface area contributed by atoms with Crippen LogP contribution in [0.1, 0.15) is 113 Å². The van der Waals surface area contributed by atoms with Gasteiger partial charge in [0, 0.05) is 32.2 Å². The van der Waals surface area contributed by atoms with Gasteiger partial charge in [0.05, 0.1) is 6.61 Å². The Hall–Kier alpha value is -1.17. The quantitative estimate of drug-likeness (QED) is 0.0722. The van der Waals surface area contributed by atoms with Crippen molar-refractivity contribution in [3.63, 3.8) is 0 Å². The zero-order valence-corrected chi connectivity index (χ0v) is 23.9. The molecule has 206 valence electrons. The fourth-order valence-electron chi connectivity index (χ4n) is 3.56. The van der Waals surface area contributed by atoms with E-state index in [9.17, 15) is 4.79 Å². The zero-order chi connectivity index (χ0) is 26.5. The number of rotatable bonds is 22. The molecule has 0 bridgehead atoms. The molecular formula is C30H56O5. The lowest BCUT2D eigenvalue weighted by Gasteiger charge is -2.21. The molecule has 0 saturated carbocycles. The average Bonchev–Trinajstić information content (AvgIpc) is 2.79.